The summed E-state index contributed by atoms with van der Waals surface area (Å²) < 4.78 is 0. The first-order valence-electron chi connectivity index (χ1n) is 5.45. The summed E-state index contributed by atoms with van der Waals surface area (Å²) in [5.74, 6) is 2.46. The van der Waals surface area contributed by atoms with Crippen LogP contribution in [0.5, 0.6) is 0 Å². The van der Waals surface area contributed by atoms with Crippen molar-refractivity contribution in [3.63, 3.8) is 0 Å². The average Bonchev–Trinajstić information content (AvgIpc) is 2.17. The Kier molecular flexibility index (Phi) is 10.8. The maximum atomic E-state index is 4.69. The molecule has 0 aliphatic heterocycles. The van der Waals surface area contributed by atoms with Crippen LogP contribution in [0.15, 0.2) is 5.16 Å². The molecule has 0 aromatic rings. The van der Waals surface area contributed by atoms with Crippen molar-refractivity contribution in [3.8, 4) is 0 Å². The Bertz CT molecular complexity index is 148. The molecule has 84 valence electrons. The summed E-state index contributed by atoms with van der Waals surface area (Å²) in [6.07, 6.45) is 6.49. The van der Waals surface area contributed by atoms with Gasteiger partial charge in [0.15, 0.2) is 0 Å². The van der Waals surface area contributed by atoms with Crippen molar-refractivity contribution in [2.45, 2.75) is 46.0 Å². The van der Waals surface area contributed by atoms with E-state index in [2.05, 4.69) is 12.1 Å². The van der Waals surface area contributed by atoms with E-state index in [4.69, 9.17) is 4.84 Å². The molecule has 0 saturated heterocycles. The number of thioether (sulfide) groups is 1. The lowest BCUT2D eigenvalue weighted by molar-refractivity contribution is 0.212. The van der Waals surface area contributed by atoms with Crippen molar-refractivity contribution in [3.05, 3.63) is 0 Å². The minimum atomic E-state index is 1.05. The first-order valence-corrected chi connectivity index (χ1v) is 6.61. The monoisotopic (exact) mass is 217 g/mol. The van der Waals surface area contributed by atoms with E-state index in [-0.39, 0.29) is 0 Å². The van der Waals surface area contributed by atoms with Gasteiger partial charge in [-0.25, -0.2) is 0 Å². The topological polar surface area (TPSA) is 21.6 Å². The molecule has 0 N–H and O–H groups in total. The number of oxime groups is 1. The molecule has 0 unspecified atom stereocenters. The highest BCUT2D eigenvalue weighted by atomic mass is 32.2. The fraction of sp³-hybridized carbons (Fsp3) is 0.909. The van der Waals surface area contributed by atoms with Gasteiger partial charge in [0.2, 0.25) is 0 Å². The van der Waals surface area contributed by atoms with Crippen LogP contribution in [-0.4, -0.2) is 24.3 Å². The van der Waals surface area contributed by atoms with E-state index in [1.807, 2.05) is 18.7 Å². The molecular weight excluding hydrogens is 194 g/mol. The zero-order valence-corrected chi connectivity index (χ0v) is 10.5. The second kappa shape index (κ2) is 10.9. The summed E-state index contributed by atoms with van der Waals surface area (Å²) in [6, 6.07) is 0. The molecule has 0 aliphatic carbocycles. The number of hydrogen-bond acceptors (Lipinski definition) is 3. The van der Waals surface area contributed by atoms with E-state index in [1.165, 1.54) is 37.2 Å². The van der Waals surface area contributed by atoms with Crippen molar-refractivity contribution < 1.29 is 4.84 Å². The number of rotatable bonds is 9. The van der Waals surface area contributed by atoms with Gasteiger partial charge in [0.1, 0.15) is 7.11 Å². The predicted octanol–water partition coefficient (Wildman–Crippen LogP) is 3.71. The maximum absolute atomic E-state index is 4.69. The quantitative estimate of drug-likeness (QED) is 0.333. The van der Waals surface area contributed by atoms with Gasteiger partial charge in [-0.2, -0.15) is 11.8 Å². The molecule has 0 heterocycles. The first-order chi connectivity index (χ1) is 6.81. The molecule has 0 rings (SSSR count). The van der Waals surface area contributed by atoms with Crippen LogP contribution < -0.4 is 0 Å². The molecule has 0 aromatic heterocycles. The van der Waals surface area contributed by atoms with Crippen LogP contribution in [-0.2, 0) is 4.84 Å². The van der Waals surface area contributed by atoms with Gasteiger partial charge < -0.3 is 4.84 Å². The third kappa shape index (κ3) is 9.90. The van der Waals surface area contributed by atoms with Gasteiger partial charge in [-0.1, -0.05) is 31.3 Å². The Morgan fingerprint density at radius 2 is 2.00 bits per heavy atom. The lowest BCUT2D eigenvalue weighted by atomic mass is 10.2. The standard InChI is InChI=1S/C11H23NOS/c1-4-5-6-7-9-14-10-8-11(2)12-13-3/h4-10H2,1-3H3/b12-11-. The highest BCUT2D eigenvalue weighted by Crippen LogP contribution is 2.09. The van der Waals surface area contributed by atoms with Crippen molar-refractivity contribution in [2.75, 3.05) is 18.6 Å². The minimum absolute atomic E-state index is 1.05. The zero-order chi connectivity index (χ0) is 10.6. The molecule has 0 spiro atoms. The van der Waals surface area contributed by atoms with Gasteiger partial charge in [-0.3, -0.25) is 0 Å². The van der Waals surface area contributed by atoms with Crippen LogP contribution in [0.3, 0.4) is 0 Å². The number of hydrogen-bond donors (Lipinski definition) is 0. The fourth-order valence-corrected chi connectivity index (χ4v) is 2.21. The lowest BCUT2D eigenvalue weighted by Gasteiger charge is -2.01. The average molecular weight is 217 g/mol. The van der Waals surface area contributed by atoms with Gasteiger partial charge in [0.05, 0.1) is 5.71 Å². The van der Waals surface area contributed by atoms with Gasteiger partial charge in [-0.15, -0.1) is 0 Å². The second-order valence-electron chi connectivity index (χ2n) is 3.43. The summed E-state index contributed by atoms with van der Waals surface area (Å²) in [4.78, 5) is 4.69. The molecule has 0 aliphatic rings. The SMILES string of the molecule is CCCCCCSCC/C(C)=N\OC. The summed E-state index contributed by atoms with van der Waals surface area (Å²) in [7, 11) is 1.60. The van der Waals surface area contributed by atoms with E-state index in [0.29, 0.717) is 0 Å². The van der Waals surface area contributed by atoms with Crippen molar-refractivity contribution in [1.82, 2.24) is 0 Å². The largest absolute Gasteiger partial charge is 0.399 e. The van der Waals surface area contributed by atoms with Crippen LogP contribution in [0.1, 0.15) is 46.0 Å². The highest BCUT2D eigenvalue weighted by Gasteiger charge is 1.94. The van der Waals surface area contributed by atoms with E-state index in [1.54, 1.807) is 7.11 Å². The summed E-state index contributed by atoms with van der Waals surface area (Å²) in [5, 5.41) is 3.88. The molecule has 0 fully saturated rings. The van der Waals surface area contributed by atoms with Crippen LogP contribution >= 0.6 is 11.8 Å². The van der Waals surface area contributed by atoms with Gasteiger partial charge in [0, 0.05) is 0 Å². The molecule has 0 radical (unpaired) electrons. The first kappa shape index (κ1) is 13.8. The molecular formula is C11H23NOS. The number of unbranched alkanes of at least 4 members (excludes halogenated alkanes) is 3. The van der Waals surface area contributed by atoms with E-state index < -0.39 is 0 Å². The van der Waals surface area contributed by atoms with Crippen molar-refractivity contribution in [2.24, 2.45) is 5.16 Å². The summed E-state index contributed by atoms with van der Waals surface area (Å²) >= 11 is 2.02. The Morgan fingerprint density at radius 1 is 1.21 bits per heavy atom. The zero-order valence-electron chi connectivity index (χ0n) is 9.71. The Balaban J connectivity index is 3.09. The molecule has 3 heteroatoms. The van der Waals surface area contributed by atoms with E-state index in [0.717, 1.165) is 12.1 Å². The molecule has 0 atom stereocenters. The molecule has 0 bridgehead atoms. The predicted molar refractivity (Wildman–Crippen MR) is 66.2 cm³/mol. The van der Waals surface area contributed by atoms with Crippen LogP contribution in [0.25, 0.3) is 0 Å². The normalized spacial score (nSPS) is 11.8. The Hall–Kier alpha value is -0.180. The van der Waals surface area contributed by atoms with E-state index >= 15 is 0 Å². The number of nitrogens with zero attached hydrogens (tertiary/aromatic N) is 1. The van der Waals surface area contributed by atoms with Gasteiger partial charge >= 0.3 is 0 Å². The molecule has 0 saturated carbocycles. The van der Waals surface area contributed by atoms with Crippen molar-refractivity contribution in [1.29, 1.82) is 0 Å². The van der Waals surface area contributed by atoms with Crippen molar-refractivity contribution >= 4 is 17.5 Å². The Labute approximate surface area is 92.5 Å². The third-order valence-electron chi connectivity index (χ3n) is 2.00. The fourth-order valence-electron chi connectivity index (χ4n) is 1.15. The highest BCUT2D eigenvalue weighted by molar-refractivity contribution is 7.99. The lowest BCUT2D eigenvalue weighted by Crippen LogP contribution is -1.95. The van der Waals surface area contributed by atoms with Gasteiger partial charge in [0.25, 0.3) is 0 Å². The van der Waals surface area contributed by atoms with E-state index in [9.17, 15) is 0 Å². The van der Waals surface area contributed by atoms with Crippen LogP contribution in [0, 0.1) is 0 Å². The molecule has 2 nitrogen and oxygen atoms in total. The smallest absolute Gasteiger partial charge is 0.106 e. The summed E-state index contributed by atoms with van der Waals surface area (Å²) in [5.41, 5.74) is 1.09. The Morgan fingerprint density at radius 3 is 2.64 bits per heavy atom. The maximum Gasteiger partial charge on any atom is 0.106 e. The molecule has 0 amide bonds. The van der Waals surface area contributed by atoms with Crippen LogP contribution in [0.2, 0.25) is 0 Å². The molecule has 0 aromatic carbocycles. The second-order valence-corrected chi connectivity index (χ2v) is 4.66. The minimum Gasteiger partial charge on any atom is -0.399 e. The van der Waals surface area contributed by atoms with Gasteiger partial charge in [-0.05, 0) is 31.3 Å². The third-order valence-corrected chi connectivity index (χ3v) is 3.07. The van der Waals surface area contributed by atoms with Crippen LogP contribution in [0.4, 0.5) is 0 Å². The molecule has 14 heavy (non-hydrogen) atoms. The summed E-state index contributed by atoms with van der Waals surface area (Å²) in [6.45, 7) is 4.26.